The van der Waals surface area contributed by atoms with E-state index in [4.69, 9.17) is 28.9 Å². The van der Waals surface area contributed by atoms with E-state index in [9.17, 15) is 4.79 Å². The van der Waals surface area contributed by atoms with E-state index in [1.54, 1.807) is 6.07 Å². The molecule has 3 nitrogen and oxygen atoms in total. The van der Waals surface area contributed by atoms with Crippen molar-refractivity contribution in [3.63, 3.8) is 0 Å². The lowest BCUT2D eigenvalue weighted by molar-refractivity contribution is -0.122. The van der Waals surface area contributed by atoms with Crippen LogP contribution in [0.3, 0.4) is 0 Å². The van der Waals surface area contributed by atoms with Crippen LogP contribution in [0.1, 0.15) is 23.5 Å². The molecule has 1 amide bonds. The van der Waals surface area contributed by atoms with Gasteiger partial charge in [0.25, 0.3) is 0 Å². The predicted octanol–water partition coefficient (Wildman–Crippen LogP) is 4.46. The summed E-state index contributed by atoms with van der Waals surface area (Å²) in [4.78, 5) is 12.2. The van der Waals surface area contributed by atoms with E-state index in [1.807, 2.05) is 36.4 Å². The summed E-state index contributed by atoms with van der Waals surface area (Å²) in [7, 11) is 0. The molecular formula is C18H19Cl3N2O. The molecule has 6 heteroatoms. The zero-order chi connectivity index (χ0) is 16.4. The van der Waals surface area contributed by atoms with Crippen molar-refractivity contribution >= 4 is 47.2 Å². The minimum atomic E-state index is 0. The highest BCUT2D eigenvalue weighted by Crippen LogP contribution is 2.49. The van der Waals surface area contributed by atoms with Gasteiger partial charge in [-0.15, -0.1) is 12.4 Å². The summed E-state index contributed by atoms with van der Waals surface area (Å²) >= 11 is 12.1. The van der Waals surface area contributed by atoms with Gasteiger partial charge in [0.1, 0.15) is 0 Å². The van der Waals surface area contributed by atoms with Crippen LogP contribution in [0.25, 0.3) is 0 Å². The third kappa shape index (κ3) is 4.56. The number of halogens is 3. The van der Waals surface area contributed by atoms with Gasteiger partial charge >= 0.3 is 0 Å². The van der Waals surface area contributed by atoms with Crippen molar-refractivity contribution < 1.29 is 4.79 Å². The molecule has 1 saturated carbocycles. The molecular weight excluding hydrogens is 367 g/mol. The number of rotatable bonds is 5. The molecule has 0 aromatic heterocycles. The van der Waals surface area contributed by atoms with E-state index >= 15 is 0 Å². The van der Waals surface area contributed by atoms with Crippen LogP contribution in [-0.2, 0) is 11.2 Å². The van der Waals surface area contributed by atoms with Crippen molar-refractivity contribution in [1.82, 2.24) is 5.32 Å². The fourth-order valence-electron chi connectivity index (χ4n) is 2.78. The van der Waals surface area contributed by atoms with Gasteiger partial charge < -0.3 is 11.1 Å². The Bertz CT molecular complexity index is 719. The van der Waals surface area contributed by atoms with E-state index in [1.165, 1.54) is 0 Å². The number of anilines is 1. The summed E-state index contributed by atoms with van der Waals surface area (Å²) in [5.74, 6) is 0.313. The second-order valence-corrected chi connectivity index (χ2v) is 6.74. The van der Waals surface area contributed by atoms with Crippen LogP contribution in [0, 0.1) is 5.92 Å². The SMILES string of the molecule is Cl.Nc1ccc(CCNC(=O)C2CC2c2ccc(Cl)cc2Cl)cc1. The first kappa shape index (κ1) is 18.9. The number of nitrogen functional groups attached to an aromatic ring is 1. The average molecular weight is 386 g/mol. The van der Waals surface area contributed by atoms with Gasteiger partial charge in [0, 0.05) is 28.2 Å². The number of nitrogens with one attached hydrogen (secondary N) is 1. The van der Waals surface area contributed by atoms with Gasteiger partial charge in [0.2, 0.25) is 5.91 Å². The van der Waals surface area contributed by atoms with Crippen LogP contribution in [0.4, 0.5) is 5.69 Å². The van der Waals surface area contributed by atoms with Crippen LogP contribution >= 0.6 is 35.6 Å². The molecule has 1 fully saturated rings. The highest BCUT2D eigenvalue weighted by Gasteiger charge is 2.44. The van der Waals surface area contributed by atoms with Gasteiger partial charge in [-0.3, -0.25) is 4.79 Å². The maximum atomic E-state index is 12.2. The third-order valence-corrected chi connectivity index (χ3v) is 4.74. The Balaban J connectivity index is 0.00000208. The minimum absolute atomic E-state index is 0. The zero-order valence-electron chi connectivity index (χ0n) is 13.0. The molecule has 0 saturated heterocycles. The number of hydrogen-bond acceptors (Lipinski definition) is 2. The van der Waals surface area contributed by atoms with Crippen molar-refractivity contribution in [3.05, 3.63) is 63.6 Å². The van der Waals surface area contributed by atoms with E-state index < -0.39 is 0 Å². The first-order valence-electron chi connectivity index (χ1n) is 7.61. The number of amides is 1. The molecule has 0 bridgehead atoms. The highest BCUT2D eigenvalue weighted by molar-refractivity contribution is 6.35. The van der Waals surface area contributed by atoms with Crippen LogP contribution in [0.5, 0.6) is 0 Å². The fourth-order valence-corrected chi connectivity index (χ4v) is 3.32. The second kappa shape index (κ2) is 8.11. The molecule has 3 rings (SSSR count). The Morgan fingerprint density at radius 3 is 2.54 bits per heavy atom. The van der Waals surface area contributed by atoms with E-state index in [-0.39, 0.29) is 30.2 Å². The fraction of sp³-hybridized carbons (Fsp3) is 0.278. The van der Waals surface area contributed by atoms with Crippen LogP contribution in [0.2, 0.25) is 10.0 Å². The summed E-state index contributed by atoms with van der Waals surface area (Å²) in [6.45, 7) is 0.625. The number of benzene rings is 2. The highest BCUT2D eigenvalue weighted by atomic mass is 35.5. The number of carbonyl (C=O) groups excluding carboxylic acids is 1. The molecule has 1 aliphatic carbocycles. The molecule has 1 aliphatic rings. The molecule has 0 heterocycles. The molecule has 128 valence electrons. The molecule has 2 atom stereocenters. The summed E-state index contributed by atoms with van der Waals surface area (Å²) in [6, 6.07) is 13.2. The Hall–Kier alpha value is -1.42. The van der Waals surface area contributed by atoms with E-state index in [2.05, 4.69) is 5.32 Å². The van der Waals surface area contributed by atoms with Gasteiger partial charge in [-0.1, -0.05) is 41.4 Å². The molecule has 2 aromatic carbocycles. The Kier molecular flexibility index (Phi) is 6.39. The minimum Gasteiger partial charge on any atom is -0.399 e. The number of hydrogen-bond donors (Lipinski definition) is 2. The van der Waals surface area contributed by atoms with Crippen LogP contribution in [-0.4, -0.2) is 12.5 Å². The Morgan fingerprint density at radius 2 is 1.88 bits per heavy atom. The van der Waals surface area contributed by atoms with Gasteiger partial charge in [-0.05, 0) is 54.2 Å². The van der Waals surface area contributed by atoms with E-state index in [0.29, 0.717) is 16.6 Å². The first-order chi connectivity index (χ1) is 11.0. The number of nitrogens with two attached hydrogens (primary N) is 1. The van der Waals surface area contributed by atoms with Gasteiger partial charge in [0.05, 0.1) is 0 Å². The van der Waals surface area contributed by atoms with Crippen molar-refractivity contribution in [2.75, 3.05) is 12.3 Å². The van der Waals surface area contributed by atoms with Crippen molar-refractivity contribution in [2.24, 2.45) is 5.92 Å². The Morgan fingerprint density at radius 1 is 1.17 bits per heavy atom. The first-order valence-corrected chi connectivity index (χ1v) is 8.37. The molecule has 0 radical (unpaired) electrons. The number of carbonyl (C=O) groups is 1. The summed E-state index contributed by atoms with van der Waals surface area (Å²) in [5.41, 5.74) is 8.57. The smallest absolute Gasteiger partial charge is 0.223 e. The van der Waals surface area contributed by atoms with Crippen LogP contribution < -0.4 is 11.1 Å². The lowest BCUT2D eigenvalue weighted by atomic mass is 10.1. The maximum absolute atomic E-state index is 12.2. The standard InChI is InChI=1S/C18H18Cl2N2O.ClH/c19-12-3-6-14(17(20)9-12)15-10-16(15)18(23)22-8-7-11-1-4-13(21)5-2-11;/h1-6,9,15-16H,7-8,10,21H2,(H,22,23);1H. The lowest BCUT2D eigenvalue weighted by Gasteiger charge is -2.07. The van der Waals surface area contributed by atoms with Gasteiger partial charge in [0.15, 0.2) is 0 Å². The predicted molar refractivity (Wildman–Crippen MR) is 102 cm³/mol. The van der Waals surface area contributed by atoms with Crippen molar-refractivity contribution in [3.8, 4) is 0 Å². The van der Waals surface area contributed by atoms with Crippen LogP contribution in [0.15, 0.2) is 42.5 Å². The largest absolute Gasteiger partial charge is 0.399 e. The van der Waals surface area contributed by atoms with Crippen molar-refractivity contribution in [2.45, 2.75) is 18.8 Å². The zero-order valence-corrected chi connectivity index (χ0v) is 15.3. The van der Waals surface area contributed by atoms with Gasteiger partial charge in [-0.2, -0.15) is 0 Å². The quantitative estimate of drug-likeness (QED) is 0.747. The summed E-state index contributed by atoms with van der Waals surface area (Å²) in [5, 5.41) is 4.25. The summed E-state index contributed by atoms with van der Waals surface area (Å²) in [6.07, 6.45) is 1.64. The van der Waals surface area contributed by atoms with Crippen molar-refractivity contribution in [1.29, 1.82) is 0 Å². The average Bonchev–Trinajstić information content (AvgIpc) is 3.29. The maximum Gasteiger partial charge on any atom is 0.223 e. The Labute approximate surface area is 157 Å². The lowest BCUT2D eigenvalue weighted by Crippen LogP contribution is -2.27. The third-order valence-electron chi connectivity index (χ3n) is 4.18. The topological polar surface area (TPSA) is 55.1 Å². The second-order valence-electron chi connectivity index (χ2n) is 5.90. The normalized spacial score (nSPS) is 18.6. The molecule has 2 unspecified atom stereocenters. The van der Waals surface area contributed by atoms with Gasteiger partial charge in [-0.25, -0.2) is 0 Å². The summed E-state index contributed by atoms with van der Waals surface area (Å²) < 4.78 is 0. The monoisotopic (exact) mass is 384 g/mol. The molecule has 0 aliphatic heterocycles. The molecule has 0 spiro atoms. The molecule has 2 aromatic rings. The molecule has 3 N–H and O–H groups in total. The molecule has 24 heavy (non-hydrogen) atoms. The van der Waals surface area contributed by atoms with E-state index in [0.717, 1.165) is 29.7 Å².